The fraction of sp³-hybridized carbons (Fsp3) is 0.312. The molecule has 1 fully saturated rings. The Morgan fingerprint density at radius 3 is 2.44 bits per heavy atom. The highest BCUT2D eigenvalue weighted by atomic mass is 32.2. The zero-order valence-corrected chi connectivity index (χ0v) is 14.3. The number of primary sulfonamides is 1. The summed E-state index contributed by atoms with van der Waals surface area (Å²) in [6.45, 7) is 0.594. The predicted octanol–water partition coefficient (Wildman–Crippen LogP) is 0.671. The van der Waals surface area contributed by atoms with Crippen molar-refractivity contribution in [3.05, 3.63) is 47.9 Å². The van der Waals surface area contributed by atoms with Crippen molar-refractivity contribution in [2.75, 3.05) is 11.9 Å². The van der Waals surface area contributed by atoms with Crippen molar-refractivity contribution in [3.8, 4) is 0 Å². The molecule has 0 saturated heterocycles. The quantitative estimate of drug-likeness (QED) is 0.665. The Morgan fingerprint density at radius 2 is 1.88 bits per heavy atom. The number of carbonyl (C=O) groups excluding carboxylic acids is 1. The number of nitrogens with two attached hydrogens (primary N) is 1. The highest BCUT2D eigenvalue weighted by Crippen LogP contribution is 2.19. The maximum absolute atomic E-state index is 11.8. The van der Waals surface area contributed by atoms with Crippen LogP contribution in [0.5, 0.6) is 0 Å². The average Bonchev–Trinajstić information content (AvgIpc) is 3.39. The van der Waals surface area contributed by atoms with E-state index < -0.39 is 10.0 Å². The molecule has 0 spiro atoms. The molecule has 132 valence electrons. The van der Waals surface area contributed by atoms with Gasteiger partial charge in [-0.15, -0.1) is 0 Å². The Balaban J connectivity index is 1.49. The van der Waals surface area contributed by atoms with Gasteiger partial charge < -0.3 is 10.6 Å². The number of sulfonamides is 1. The molecule has 0 bridgehead atoms. The average molecular weight is 361 g/mol. The van der Waals surface area contributed by atoms with E-state index in [1.807, 2.05) is 0 Å². The molecule has 1 aromatic carbocycles. The van der Waals surface area contributed by atoms with Gasteiger partial charge in [-0.1, -0.05) is 12.1 Å². The second-order valence-electron chi connectivity index (χ2n) is 5.90. The lowest BCUT2D eigenvalue weighted by molar-refractivity contribution is 0.0945. The van der Waals surface area contributed by atoms with Gasteiger partial charge in [-0.3, -0.25) is 4.79 Å². The number of nitrogens with zero attached hydrogens (tertiary/aromatic N) is 2. The smallest absolute Gasteiger partial charge is 0.271 e. The van der Waals surface area contributed by atoms with Crippen LogP contribution in [0.15, 0.2) is 41.6 Å². The van der Waals surface area contributed by atoms with Crippen LogP contribution in [-0.4, -0.2) is 36.9 Å². The van der Waals surface area contributed by atoms with Crippen LogP contribution in [0.1, 0.15) is 28.9 Å². The molecule has 2 aromatic rings. The second kappa shape index (κ2) is 7.16. The molecule has 1 amide bonds. The van der Waals surface area contributed by atoms with Gasteiger partial charge in [-0.2, -0.15) is 0 Å². The lowest BCUT2D eigenvalue weighted by Gasteiger charge is -2.07. The highest BCUT2D eigenvalue weighted by Gasteiger charge is 2.24. The molecule has 0 unspecified atom stereocenters. The minimum absolute atomic E-state index is 0.0927. The van der Waals surface area contributed by atoms with Gasteiger partial charge in [0, 0.05) is 12.6 Å². The van der Waals surface area contributed by atoms with Crippen LogP contribution in [0.2, 0.25) is 0 Å². The van der Waals surface area contributed by atoms with E-state index in [1.54, 1.807) is 12.1 Å². The predicted molar refractivity (Wildman–Crippen MR) is 92.5 cm³/mol. The van der Waals surface area contributed by atoms with Crippen LogP contribution in [0, 0.1) is 0 Å². The molecule has 9 heteroatoms. The standard InChI is InChI=1S/C16H19N5O3S/c17-25(23,24)13-5-1-11(2-6-13)7-8-18-15-10-19-14(9-20-15)16(22)21-12-3-4-12/h1-2,5-6,9-10,12H,3-4,7-8H2,(H,18,20)(H,21,22)(H2,17,23,24). The summed E-state index contributed by atoms with van der Waals surface area (Å²) in [7, 11) is -3.66. The van der Waals surface area contributed by atoms with E-state index >= 15 is 0 Å². The van der Waals surface area contributed by atoms with E-state index in [0.29, 0.717) is 24.5 Å². The van der Waals surface area contributed by atoms with Gasteiger partial charge in [0.05, 0.1) is 17.3 Å². The molecule has 1 aromatic heterocycles. The Kier molecular flexibility index (Phi) is 4.95. The summed E-state index contributed by atoms with van der Waals surface area (Å²) in [6.07, 6.45) is 5.69. The van der Waals surface area contributed by atoms with Gasteiger partial charge in [-0.25, -0.2) is 23.5 Å². The lowest BCUT2D eigenvalue weighted by Crippen LogP contribution is -2.26. The number of benzene rings is 1. The fourth-order valence-electron chi connectivity index (χ4n) is 2.20. The van der Waals surface area contributed by atoms with Gasteiger partial charge in [0.15, 0.2) is 0 Å². The Bertz CT molecular complexity index is 846. The van der Waals surface area contributed by atoms with Crippen molar-refractivity contribution < 1.29 is 13.2 Å². The topological polar surface area (TPSA) is 127 Å². The van der Waals surface area contributed by atoms with Crippen molar-refractivity contribution >= 4 is 21.7 Å². The number of hydrogen-bond donors (Lipinski definition) is 3. The number of aromatic nitrogens is 2. The van der Waals surface area contributed by atoms with Crippen molar-refractivity contribution in [2.45, 2.75) is 30.2 Å². The first-order chi connectivity index (χ1) is 11.9. The van der Waals surface area contributed by atoms with Crippen LogP contribution in [0.3, 0.4) is 0 Å². The monoisotopic (exact) mass is 361 g/mol. The maximum Gasteiger partial charge on any atom is 0.271 e. The van der Waals surface area contributed by atoms with Crippen LogP contribution < -0.4 is 15.8 Å². The minimum Gasteiger partial charge on any atom is -0.368 e. The van der Waals surface area contributed by atoms with Gasteiger partial charge >= 0.3 is 0 Å². The van der Waals surface area contributed by atoms with Crippen LogP contribution in [0.4, 0.5) is 5.82 Å². The van der Waals surface area contributed by atoms with Crippen molar-refractivity contribution in [1.82, 2.24) is 15.3 Å². The number of rotatable bonds is 7. The molecule has 1 heterocycles. The summed E-state index contributed by atoms with van der Waals surface area (Å²) < 4.78 is 22.4. The maximum atomic E-state index is 11.8. The van der Waals surface area contributed by atoms with E-state index in [0.717, 1.165) is 18.4 Å². The molecule has 3 rings (SSSR count). The van der Waals surface area contributed by atoms with Gasteiger partial charge in [0.25, 0.3) is 5.91 Å². The normalized spacial score (nSPS) is 14.1. The highest BCUT2D eigenvalue weighted by molar-refractivity contribution is 7.89. The molecule has 4 N–H and O–H groups in total. The third-order valence-electron chi connectivity index (χ3n) is 3.77. The summed E-state index contributed by atoms with van der Waals surface area (Å²) in [5, 5.41) is 11.0. The number of hydrogen-bond acceptors (Lipinski definition) is 6. The molecular weight excluding hydrogens is 342 g/mol. The van der Waals surface area contributed by atoms with Crippen molar-refractivity contribution in [2.24, 2.45) is 5.14 Å². The van der Waals surface area contributed by atoms with Gasteiger partial charge in [0.1, 0.15) is 11.5 Å². The molecule has 1 aliphatic carbocycles. The first-order valence-corrected chi connectivity index (χ1v) is 9.45. The third-order valence-corrected chi connectivity index (χ3v) is 4.70. The summed E-state index contributed by atoms with van der Waals surface area (Å²) in [5.74, 6) is 0.376. The first kappa shape index (κ1) is 17.3. The summed E-state index contributed by atoms with van der Waals surface area (Å²) in [5.41, 5.74) is 1.27. The van der Waals surface area contributed by atoms with Crippen molar-refractivity contribution in [3.63, 3.8) is 0 Å². The lowest BCUT2D eigenvalue weighted by atomic mass is 10.1. The molecule has 8 nitrogen and oxygen atoms in total. The molecule has 1 aliphatic rings. The second-order valence-corrected chi connectivity index (χ2v) is 7.46. The third kappa shape index (κ3) is 4.97. The van der Waals surface area contributed by atoms with Gasteiger partial charge in [-0.05, 0) is 37.0 Å². The van der Waals surface area contributed by atoms with E-state index in [2.05, 4.69) is 20.6 Å². The zero-order chi connectivity index (χ0) is 17.9. The van der Waals surface area contributed by atoms with E-state index in [4.69, 9.17) is 5.14 Å². The van der Waals surface area contributed by atoms with E-state index in [-0.39, 0.29) is 16.8 Å². The Hall–Kier alpha value is -2.52. The van der Waals surface area contributed by atoms with Gasteiger partial charge in [0.2, 0.25) is 10.0 Å². The molecule has 1 saturated carbocycles. The van der Waals surface area contributed by atoms with Crippen LogP contribution in [0.25, 0.3) is 0 Å². The number of amides is 1. The molecule has 25 heavy (non-hydrogen) atoms. The number of carbonyl (C=O) groups is 1. The minimum atomic E-state index is -3.66. The number of nitrogens with one attached hydrogen (secondary N) is 2. The van der Waals surface area contributed by atoms with Crippen molar-refractivity contribution in [1.29, 1.82) is 0 Å². The summed E-state index contributed by atoms with van der Waals surface area (Å²) >= 11 is 0. The summed E-state index contributed by atoms with van der Waals surface area (Å²) in [6, 6.07) is 6.69. The van der Waals surface area contributed by atoms with Crippen LogP contribution in [-0.2, 0) is 16.4 Å². The Morgan fingerprint density at radius 1 is 1.16 bits per heavy atom. The van der Waals surface area contributed by atoms with E-state index in [9.17, 15) is 13.2 Å². The van der Waals surface area contributed by atoms with E-state index in [1.165, 1.54) is 24.5 Å². The van der Waals surface area contributed by atoms with Crippen LogP contribution >= 0.6 is 0 Å². The summed E-state index contributed by atoms with van der Waals surface area (Å²) in [4.78, 5) is 20.2. The first-order valence-electron chi connectivity index (χ1n) is 7.90. The largest absolute Gasteiger partial charge is 0.368 e. The molecule has 0 radical (unpaired) electrons. The fourth-order valence-corrected chi connectivity index (χ4v) is 2.72. The zero-order valence-electron chi connectivity index (χ0n) is 13.5. The Labute approximate surface area is 145 Å². The molecular formula is C16H19N5O3S. The SMILES string of the molecule is NS(=O)(=O)c1ccc(CCNc2cnc(C(=O)NC3CC3)cn2)cc1. The molecule has 0 aliphatic heterocycles. The molecule has 0 atom stereocenters. The number of anilines is 1.